The molecule has 46 valence electrons. The minimum atomic E-state index is -2.91. The number of rotatable bonds is 0. The van der Waals surface area contributed by atoms with Crippen molar-refractivity contribution in [3.8, 4) is 0 Å². The molecule has 1 aliphatic rings. The summed E-state index contributed by atoms with van der Waals surface area (Å²) in [5, 5.41) is 2.32. The Morgan fingerprint density at radius 1 is 1.00 bits per heavy atom. The largest absolute Gasteiger partial charge is 0.220 e. The van der Waals surface area contributed by atoms with Crippen LogP contribution in [0.3, 0.4) is 0 Å². The van der Waals surface area contributed by atoms with Gasteiger partial charge >= 0.3 is 0 Å². The molecule has 0 bridgehead atoms. The number of hydrogen-bond donors (Lipinski definition) is 0. The van der Waals surface area contributed by atoms with Gasteiger partial charge in [-0.15, -0.1) is 12.4 Å². The molecule has 0 fully saturated rings. The van der Waals surface area contributed by atoms with Crippen molar-refractivity contribution in [1.82, 2.24) is 0 Å². The van der Waals surface area contributed by atoms with Gasteiger partial charge < -0.3 is 0 Å². The van der Waals surface area contributed by atoms with Gasteiger partial charge in [-0.05, 0) is 12.2 Å². The summed E-state index contributed by atoms with van der Waals surface area (Å²) >= 11 is 0. The van der Waals surface area contributed by atoms with Crippen LogP contribution in [0.5, 0.6) is 0 Å². The van der Waals surface area contributed by atoms with Crippen LogP contribution in [0.25, 0.3) is 0 Å². The van der Waals surface area contributed by atoms with E-state index in [0.29, 0.717) is 0 Å². The Hall–Kier alpha value is -0.280. The molecule has 1 heterocycles. The Labute approximate surface area is 54.2 Å². The summed E-state index contributed by atoms with van der Waals surface area (Å²) in [7, 11) is -2.91. The first kappa shape index (κ1) is 7.72. The third-order valence-electron chi connectivity index (χ3n) is 0.648. The van der Waals surface area contributed by atoms with E-state index >= 15 is 0 Å². The maximum Gasteiger partial charge on any atom is 0.193 e. The van der Waals surface area contributed by atoms with Crippen LogP contribution in [-0.2, 0) is 9.84 Å². The van der Waals surface area contributed by atoms with E-state index in [1.54, 1.807) is 0 Å². The van der Waals surface area contributed by atoms with Gasteiger partial charge in [-0.1, -0.05) is 0 Å². The summed E-state index contributed by atoms with van der Waals surface area (Å²) in [5.74, 6) is 0. The van der Waals surface area contributed by atoms with E-state index in [0.717, 1.165) is 10.8 Å². The zero-order valence-corrected chi connectivity index (χ0v) is 5.58. The molecule has 0 aromatic rings. The number of allylic oxidation sites excluding steroid dienone is 2. The second-order valence-electron chi connectivity index (χ2n) is 1.25. The molecule has 0 radical (unpaired) electrons. The van der Waals surface area contributed by atoms with Crippen LogP contribution < -0.4 is 0 Å². The average molecular weight is 153 g/mol. The Balaban J connectivity index is 0.000000490. The third-order valence-corrected chi connectivity index (χ3v) is 1.72. The fourth-order valence-corrected chi connectivity index (χ4v) is 1.07. The standard InChI is InChI=1S/C4H4O2S.ClH/c5-7(6)3-1-2-4-7;/h1-4H;1H. The van der Waals surface area contributed by atoms with Crippen LogP contribution in [0, 0.1) is 0 Å². The molecule has 1 aliphatic heterocycles. The minimum absolute atomic E-state index is 0. The van der Waals surface area contributed by atoms with E-state index in [4.69, 9.17) is 0 Å². The predicted octanol–water partition coefficient (Wildman–Crippen LogP) is 0.864. The van der Waals surface area contributed by atoms with Crippen molar-refractivity contribution in [3.63, 3.8) is 0 Å². The minimum Gasteiger partial charge on any atom is -0.220 e. The van der Waals surface area contributed by atoms with Crippen LogP contribution >= 0.6 is 12.4 Å². The van der Waals surface area contributed by atoms with Crippen molar-refractivity contribution in [3.05, 3.63) is 23.0 Å². The highest BCUT2D eigenvalue weighted by molar-refractivity contribution is 7.97. The first-order valence-corrected chi connectivity index (χ1v) is 3.41. The van der Waals surface area contributed by atoms with E-state index in [2.05, 4.69) is 0 Å². The fourth-order valence-electron chi connectivity index (χ4n) is 0.355. The molecule has 0 aromatic carbocycles. The smallest absolute Gasteiger partial charge is 0.193 e. The second-order valence-corrected chi connectivity index (χ2v) is 2.97. The highest BCUT2D eigenvalue weighted by atomic mass is 35.5. The molecule has 0 N–H and O–H groups in total. The predicted molar refractivity (Wildman–Crippen MR) is 34.4 cm³/mol. The van der Waals surface area contributed by atoms with E-state index in [1.807, 2.05) is 0 Å². The molecular weight excluding hydrogens is 148 g/mol. The van der Waals surface area contributed by atoms with Crippen molar-refractivity contribution in [1.29, 1.82) is 0 Å². The third kappa shape index (κ3) is 1.68. The average Bonchev–Trinajstić information content (AvgIpc) is 1.84. The molecule has 0 amide bonds. The molecule has 0 unspecified atom stereocenters. The lowest BCUT2D eigenvalue weighted by Gasteiger charge is -1.73. The normalized spacial score (nSPS) is 20.5. The van der Waals surface area contributed by atoms with Gasteiger partial charge in [0.05, 0.1) is 0 Å². The van der Waals surface area contributed by atoms with Gasteiger partial charge in [-0.2, -0.15) is 0 Å². The second kappa shape index (κ2) is 2.33. The van der Waals surface area contributed by atoms with Gasteiger partial charge in [0, 0.05) is 10.8 Å². The van der Waals surface area contributed by atoms with Gasteiger partial charge in [0.25, 0.3) is 0 Å². The lowest BCUT2D eigenvalue weighted by atomic mass is 10.6. The lowest BCUT2D eigenvalue weighted by Crippen LogP contribution is -1.80. The zero-order chi connectivity index (χ0) is 5.33. The molecule has 0 spiro atoms. The van der Waals surface area contributed by atoms with E-state index < -0.39 is 9.84 Å². The molecular formula is C4H5ClO2S. The quantitative estimate of drug-likeness (QED) is 0.516. The molecule has 8 heavy (non-hydrogen) atoms. The van der Waals surface area contributed by atoms with E-state index in [9.17, 15) is 8.42 Å². The van der Waals surface area contributed by atoms with E-state index in [-0.39, 0.29) is 12.4 Å². The molecule has 0 atom stereocenters. The van der Waals surface area contributed by atoms with Crippen LogP contribution in [0.1, 0.15) is 0 Å². The maximum atomic E-state index is 10.3. The summed E-state index contributed by atoms with van der Waals surface area (Å²) in [6, 6.07) is 0. The van der Waals surface area contributed by atoms with E-state index in [1.165, 1.54) is 12.2 Å². The summed E-state index contributed by atoms with van der Waals surface area (Å²) in [6.45, 7) is 0. The molecule has 0 saturated carbocycles. The molecule has 4 heteroatoms. The number of hydrogen-bond acceptors (Lipinski definition) is 2. The SMILES string of the molecule is Cl.O=S1(=O)C=CC=C1. The zero-order valence-electron chi connectivity index (χ0n) is 3.94. The van der Waals surface area contributed by atoms with Gasteiger partial charge in [-0.3, -0.25) is 0 Å². The molecule has 0 aromatic heterocycles. The van der Waals surface area contributed by atoms with Gasteiger partial charge in [-0.25, -0.2) is 8.42 Å². The summed E-state index contributed by atoms with van der Waals surface area (Å²) < 4.78 is 20.5. The first-order valence-electron chi connectivity index (χ1n) is 1.80. The lowest BCUT2D eigenvalue weighted by molar-refractivity contribution is 0.613. The monoisotopic (exact) mass is 152 g/mol. The molecule has 1 rings (SSSR count). The van der Waals surface area contributed by atoms with Crippen LogP contribution in [0.4, 0.5) is 0 Å². The van der Waals surface area contributed by atoms with Crippen LogP contribution in [0.15, 0.2) is 23.0 Å². The number of halogens is 1. The Bertz CT molecular complexity index is 194. The van der Waals surface area contributed by atoms with Crippen LogP contribution in [-0.4, -0.2) is 8.42 Å². The molecule has 2 nitrogen and oxygen atoms in total. The molecule has 0 saturated heterocycles. The van der Waals surface area contributed by atoms with Crippen molar-refractivity contribution < 1.29 is 8.42 Å². The highest BCUT2D eigenvalue weighted by Crippen LogP contribution is 2.01. The summed E-state index contributed by atoms with van der Waals surface area (Å²) in [6.07, 6.45) is 2.99. The van der Waals surface area contributed by atoms with Crippen molar-refractivity contribution in [2.24, 2.45) is 0 Å². The molecule has 0 aliphatic carbocycles. The number of sulfone groups is 1. The van der Waals surface area contributed by atoms with Gasteiger partial charge in [0.2, 0.25) is 0 Å². The fraction of sp³-hybridized carbons (Fsp3) is 0. The first-order chi connectivity index (χ1) is 3.21. The Morgan fingerprint density at radius 3 is 1.50 bits per heavy atom. The van der Waals surface area contributed by atoms with Crippen molar-refractivity contribution in [2.45, 2.75) is 0 Å². The summed E-state index contributed by atoms with van der Waals surface area (Å²) in [4.78, 5) is 0. The van der Waals surface area contributed by atoms with Gasteiger partial charge in [0.15, 0.2) is 9.84 Å². The highest BCUT2D eigenvalue weighted by Gasteiger charge is 2.00. The topological polar surface area (TPSA) is 34.1 Å². The van der Waals surface area contributed by atoms with Gasteiger partial charge in [0.1, 0.15) is 0 Å². The van der Waals surface area contributed by atoms with Crippen molar-refractivity contribution in [2.75, 3.05) is 0 Å². The Kier molecular flexibility index (Phi) is 2.25. The summed E-state index contributed by atoms with van der Waals surface area (Å²) in [5.41, 5.74) is 0. The maximum absolute atomic E-state index is 10.3. The van der Waals surface area contributed by atoms with Crippen molar-refractivity contribution >= 4 is 22.2 Å². The van der Waals surface area contributed by atoms with Crippen LogP contribution in [0.2, 0.25) is 0 Å². The Morgan fingerprint density at radius 2 is 1.38 bits per heavy atom.